The van der Waals surface area contributed by atoms with Gasteiger partial charge in [0.1, 0.15) is 0 Å². The summed E-state index contributed by atoms with van der Waals surface area (Å²) in [4.78, 5) is 7.09. The third-order valence-electron chi connectivity index (χ3n) is 3.83. The topological polar surface area (TPSA) is 28.2 Å². The Hall–Kier alpha value is -0.970. The average Bonchev–Trinajstić information content (AvgIpc) is 2.41. The van der Waals surface area contributed by atoms with Crippen LogP contribution < -0.4 is 5.32 Å². The molecule has 0 bridgehead atoms. The minimum atomic E-state index is 0.549. The van der Waals surface area contributed by atoms with E-state index in [-0.39, 0.29) is 0 Å². The molecule has 1 saturated heterocycles. The van der Waals surface area contributed by atoms with Crippen LogP contribution >= 0.6 is 15.9 Å². The molecule has 2 heterocycles. The predicted octanol–water partition coefficient (Wildman–Crippen LogP) is 3.18. The number of benzene rings is 1. The van der Waals surface area contributed by atoms with Crippen LogP contribution in [-0.2, 0) is 6.54 Å². The van der Waals surface area contributed by atoms with Crippen LogP contribution in [-0.4, -0.2) is 35.1 Å². The second-order valence-electron chi connectivity index (χ2n) is 5.77. The van der Waals surface area contributed by atoms with Crippen LogP contribution in [0.2, 0.25) is 0 Å². The zero-order chi connectivity index (χ0) is 14.1. The van der Waals surface area contributed by atoms with Gasteiger partial charge in [-0.1, -0.05) is 28.1 Å². The largest absolute Gasteiger partial charge is 0.309 e. The SMILES string of the molecule is CC1CN(Cc2ccc(Br)c3cccnc23)CC(C)N1. The second-order valence-corrected chi connectivity index (χ2v) is 6.62. The number of fused-ring (bicyclic) bond motifs is 1. The fourth-order valence-corrected chi connectivity index (χ4v) is 3.59. The molecule has 1 aromatic heterocycles. The number of aromatic nitrogens is 1. The molecular formula is C16H20BrN3. The highest BCUT2D eigenvalue weighted by Gasteiger charge is 2.21. The Balaban J connectivity index is 1.89. The lowest BCUT2D eigenvalue weighted by Crippen LogP contribution is -2.53. The molecule has 2 aromatic rings. The third-order valence-corrected chi connectivity index (χ3v) is 4.52. The zero-order valence-electron chi connectivity index (χ0n) is 11.9. The summed E-state index contributed by atoms with van der Waals surface area (Å²) in [6.45, 7) is 7.65. The minimum absolute atomic E-state index is 0.549. The molecule has 106 valence electrons. The summed E-state index contributed by atoms with van der Waals surface area (Å²) in [5.41, 5.74) is 2.42. The van der Waals surface area contributed by atoms with E-state index >= 15 is 0 Å². The highest BCUT2D eigenvalue weighted by atomic mass is 79.9. The van der Waals surface area contributed by atoms with E-state index in [0.717, 1.165) is 29.6 Å². The molecule has 1 aliphatic heterocycles. The lowest BCUT2D eigenvalue weighted by Gasteiger charge is -2.36. The molecule has 0 saturated carbocycles. The lowest BCUT2D eigenvalue weighted by atomic mass is 10.1. The number of nitrogens with zero attached hydrogens (tertiary/aromatic N) is 2. The van der Waals surface area contributed by atoms with Crippen molar-refractivity contribution >= 4 is 26.8 Å². The van der Waals surface area contributed by atoms with Crippen LogP contribution in [0.3, 0.4) is 0 Å². The zero-order valence-corrected chi connectivity index (χ0v) is 13.5. The highest BCUT2D eigenvalue weighted by Crippen LogP contribution is 2.26. The molecule has 3 nitrogen and oxygen atoms in total. The fraction of sp³-hybridized carbons (Fsp3) is 0.438. The van der Waals surface area contributed by atoms with Gasteiger partial charge in [0.15, 0.2) is 0 Å². The number of piperazine rings is 1. The number of hydrogen-bond donors (Lipinski definition) is 1. The third kappa shape index (κ3) is 2.87. The normalized spacial score (nSPS) is 24.1. The van der Waals surface area contributed by atoms with Gasteiger partial charge in [0.25, 0.3) is 0 Å². The molecule has 1 N–H and O–H groups in total. The Labute approximate surface area is 128 Å². The van der Waals surface area contributed by atoms with Crippen molar-refractivity contribution in [2.75, 3.05) is 13.1 Å². The number of hydrogen-bond acceptors (Lipinski definition) is 3. The molecule has 0 aliphatic carbocycles. The van der Waals surface area contributed by atoms with E-state index in [0.29, 0.717) is 12.1 Å². The van der Waals surface area contributed by atoms with E-state index in [1.807, 2.05) is 12.3 Å². The van der Waals surface area contributed by atoms with Gasteiger partial charge in [0.2, 0.25) is 0 Å². The number of halogens is 1. The Bertz CT molecular complexity index is 604. The Morgan fingerprint density at radius 3 is 2.75 bits per heavy atom. The van der Waals surface area contributed by atoms with Gasteiger partial charge in [-0.05, 0) is 31.5 Å². The van der Waals surface area contributed by atoms with E-state index in [9.17, 15) is 0 Å². The summed E-state index contributed by atoms with van der Waals surface area (Å²) in [7, 11) is 0. The smallest absolute Gasteiger partial charge is 0.0758 e. The highest BCUT2D eigenvalue weighted by molar-refractivity contribution is 9.10. The van der Waals surface area contributed by atoms with Crippen molar-refractivity contribution in [1.82, 2.24) is 15.2 Å². The number of nitrogens with one attached hydrogen (secondary N) is 1. The monoisotopic (exact) mass is 333 g/mol. The standard InChI is InChI=1S/C16H20BrN3/c1-11-8-20(9-12(2)19-11)10-13-5-6-15(17)14-4-3-7-18-16(13)14/h3-7,11-12,19H,8-10H2,1-2H3. The first-order valence-electron chi connectivity index (χ1n) is 7.14. The van der Waals surface area contributed by atoms with Crippen molar-refractivity contribution in [3.63, 3.8) is 0 Å². The van der Waals surface area contributed by atoms with E-state index in [2.05, 4.69) is 63.2 Å². The molecule has 3 rings (SSSR count). The van der Waals surface area contributed by atoms with E-state index in [1.165, 1.54) is 10.9 Å². The van der Waals surface area contributed by atoms with Crippen LogP contribution in [0.4, 0.5) is 0 Å². The van der Waals surface area contributed by atoms with Crippen LogP contribution in [0.1, 0.15) is 19.4 Å². The first-order valence-corrected chi connectivity index (χ1v) is 7.93. The second kappa shape index (κ2) is 5.80. The van der Waals surface area contributed by atoms with Crippen molar-refractivity contribution < 1.29 is 0 Å². The summed E-state index contributed by atoms with van der Waals surface area (Å²) in [6, 6.07) is 9.54. The fourth-order valence-electron chi connectivity index (χ4n) is 3.13. The molecule has 2 unspecified atom stereocenters. The van der Waals surface area contributed by atoms with E-state index in [1.54, 1.807) is 0 Å². The number of pyridine rings is 1. The Morgan fingerprint density at radius 1 is 1.25 bits per heavy atom. The van der Waals surface area contributed by atoms with Crippen molar-refractivity contribution in [1.29, 1.82) is 0 Å². The number of rotatable bonds is 2. The first kappa shape index (κ1) is 14.0. The summed E-state index contributed by atoms with van der Waals surface area (Å²) in [5, 5.41) is 4.77. The van der Waals surface area contributed by atoms with Crippen LogP contribution in [0.15, 0.2) is 34.9 Å². The maximum Gasteiger partial charge on any atom is 0.0758 e. The Kier molecular flexibility index (Phi) is 4.06. The predicted molar refractivity (Wildman–Crippen MR) is 86.8 cm³/mol. The van der Waals surface area contributed by atoms with Crippen LogP contribution in [0.25, 0.3) is 10.9 Å². The van der Waals surface area contributed by atoms with Crippen LogP contribution in [0, 0.1) is 0 Å². The van der Waals surface area contributed by atoms with E-state index in [4.69, 9.17) is 0 Å². The maximum atomic E-state index is 4.57. The van der Waals surface area contributed by atoms with Gasteiger partial charge in [-0.3, -0.25) is 9.88 Å². The molecule has 4 heteroatoms. The van der Waals surface area contributed by atoms with Crippen molar-refractivity contribution in [2.45, 2.75) is 32.5 Å². The van der Waals surface area contributed by atoms with Crippen molar-refractivity contribution in [3.8, 4) is 0 Å². The van der Waals surface area contributed by atoms with Gasteiger partial charge in [-0.25, -0.2) is 0 Å². The van der Waals surface area contributed by atoms with Crippen molar-refractivity contribution in [2.24, 2.45) is 0 Å². The average molecular weight is 334 g/mol. The molecule has 0 spiro atoms. The molecule has 1 aliphatic rings. The molecule has 0 radical (unpaired) electrons. The molecule has 1 fully saturated rings. The van der Waals surface area contributed by atoms with Gasteiger partial charge in [-0.2, -0.15) is 0 Å². The molecule has 20 heavy (non-hydrogen) atoms. The maximum absolute atomic E-state index is 4.57. The summed E-state index contributed by atoms with van der Waals surface area (Å²) < 4.78 is 1.12. The van der Waals surface area contributed by atoms with Gasteiger partial charge in [-0.15, -0.1) is 0 Å². The van der Waals surface area contributed by atoms with E-state index < -0.39 is 0 Å². The Morgan fingerprint density at radius 2 is 2.00 bits per heavy atom. The summed E-state index contributed by atoms with van der Waals surface area (Å²) >= 11 is 3.61. The lowest BCUT2D eigenvalue weighted by molar-refractivity contribution is 0.167. The van der Waals surface area contributed by atoms with Gasteiger partial charge < -0.3 is 5.32 Å². The quantitative estimate of drug-likeness (QED) is 0.914. The molecule has 0 amide bonds. The summed E-state index contributed by atoms with van der Waals surface area (Å²) in [5.74, 6) is 0. The molecular weight excluding hydrogens is 314 g/mol. The first-order chi connectivity index (χ1) is 9.63. The van der Waals surface area contributed by atoms with Gasteiger partial charge in [0, 0.05) is 47.8 Å². The van der Waals surface area contributed by atoms with Crippen molar-refractivity contribution in [3.05, 3.63) is 40.5 Å². The summed E-state index contributed by atoms with van der Waals surface area (Å²) in [6.07, 6.45) is 1.88. The minimum Gasteiger partial charge on any atom is -0.309 e. The van der Waals surface area contributed by atoms with Crippen LogP contribution in [0.5, 0.6) is 0 Å². The van der Waals surface area contributed by atoms with Gasteiger partial charge >= 0.3 is 0 Å². The van der Waals surface area contributed by atoms with Gasteiger partial charge in [0.05, 0.1) is 5.52 Å². The molecule has 2 atom stereocenters. The molecule has 1 aromatic carbocycles.